The van der Waals surface area contributed by atoms with Crippen molar-refractivity contribution in [2.24, 2.45) is 0 Å². The standard InChI is InChI=1S/C19H23ClN4O/c1-12-16(11-21-24(12)18-6-4-3-5-17(18)20)19(25)23(2)15-9-13-7-8-14(10-15)22-13/h3-6,11,13-15,22H,7-10H2,1-2H3. The molecule has 2 aliphatic heterocycles. The Balaban J connectivity index is 1.58. The molecule has 25 heavy (non-hydrogen) atoms. The average molecular weight is 359 g/mol. The molecule has 1 amide bonds. The zero-order valence-electron chi connectivity index (χ0n) is 14.6. The molecule has 2 saturated heterocycles. The third kappa shape index (κ3) is 2.96. The topological polar surface area (TPSA) is 50.2 Å². The van der Waals surface area contributed by atoms with Crippen molar-refractivity contribution in [3.05, 3.63) is 46.7 Å². The van der Waals surface area contributed by atoms with E-state index in [-0.39, 0.29) is 5.91 Å². The maximum Gasteiger partial charge on any atom is 0.257 e. The highest BCUT2D eigenvalue weighted by Gasteiger charge is 2.37. The van der Waals surface area contributed by atoms with Crippen molar-refractivity contribution in [3.63, 3.8) is 0 Å². The van der Waals surface area contributed by atoms with Crippen molar-refractivity contribution in [3.8, 4) is 5.69 Å². The molecule has 0 saturated carbocycles. The Morgan fingerprint density at radius 3 is 2.64 bits per heavy atom. The Labute approximate surface area is 153 Å². The largest absolute Gasteiger partial charge is 0.338 e. The lowest BCUT2D eigenvalue weighted by Crippen LogP contribution is -2.48. The lowest BCUT2D eigenvalue weighted by molar-refractivity contribution is 0.0681. The molecule has 1 aromatic heterocycles. The quantitative estimate of drug-likeness (QED) is 0.916. The highest BCUT2D eigenvalue weighted by Crippen LogP contribution is 2.30. The SMILES string of the molecule is Cc1c(C(=O)N(C)C2CC3CCC(C2)N3)cnn1-c1ccccc1Cl. The van der Waals surface area contributed by atoms with Gasteiger partial charge in [0.15, 0.2) is 0 Å². The number of benzene rings is 1. The number of fused-ring (bicyclic) bond motifs is 2. The summed E-state index contributed by atoms with van der Waals surface area (Å²) in [6, 6.07) is 8.96. The van der Waals surface area contributed by atoms with Gasteiger partial charge >= 0.3 is 0 Å². The number of piperidine rings is 1. The Bertz CT molecular complexity index is 790. The summed E-state index contributed by atoms with van der Waals surface area (Å²) < 4.78 is 1.75. The zero-order valence-corrected chi connectivity index (χ0v) is 15.3. The van der Waals surface area contributed by atoms with Gasteiger partial charge in [-0.2, -0.15) is 5.10 Å². The summed E-state index contributed by atoms with van der Waals surface area (Å²) in [5, 5.41) is 8.66. The number of hydrogen-bond donors (Lipinski definition) is 1. The van der Waals surface area contributed by atoms with Crippen LogP contribution in [0.4, 0.5) is 0 Å². The van der Waals surface area contributed by atoms with Crippen molar-refractivity contribution < 1.29 is 4.79 Å². The van der Waals surface area contributed by atoms with Crippen LogP contribution in [0.25, 0.3) is 5.69 Å². The number of amides is 1. The van der Waals surface area contributed by atoms with Crippen LogP contribution in [0.1, 0.15) is 41.7 Å². The van der Waals surface area contributed by atoms with Gasteiger partial charge in [0, 0.05) is 25.2 Å². The Morgan fingerprint density at radius 1 is 1.28 bits per heavy atom. The smallest absolute Gasteiger partial charge is 0.257 e. The van der Waals surface area contributed by atoms with E-state index in [0.29, 0.717) is 28.7 Å². The molecular weight excluding hydrogens is 336 g/mol. The van der Waals surface area contributed by atoms with Gasteiger partial charge in [0.05, 0.1) is 28.2 Å². The van der Waals surface area contributed by atoms with Crippen LogP contribution in [-0.4, -0.2) is 45.8 Å². The molecule has 2 aliphatic rings. The first-order valence-electron chi connectivity index (χ1n) is 8.87. The summed E-state index contributed by atoms with van der Waals surface area (Å²) in [4.78, 5) is 15.0. The number of nitrogens with zero attached hydrogens (tertiary/aromatic N) is 3. The maximum absolute atomic E-state index is 13.0. The predicted molar refractivity (Wildman–Crippen MR) is 98.4 cm³/mol. The Morgan fingerprint density at radius 2 is 1.96 bits per heavy atom. The van der Waals surface area contributed by atoms with Gasteiger partial charge in [-0.3, -0.25) is 4.79 Å². The number of hydrogen-bond acceptors (Lipinski definition) is 3. The van der Waals surface area contributed by atoms with E-state index in [1.54, 1.807) is 10.9 Å². The van der Waals surface area contributed by atoms with E-state index < -0.39 is 0 Å². The molecule has 1 N–H and O–H groups in total. The van der Waals surface area contributed by atoms with Crippen LogP contribution in [0.3, 0.4) is 0 Å². The van der Waals surface area contributed by atoms with Crippen LogP contribution in [0.15, 0.2) is 30.5 Å². The maximum atomic E-state index is 13.0. The van der Waals surface area contributed by atoms with Crippen LogP contribution < -0.4 is 5.32 Å². The molecule has 4 rings (SSSR count). The van der Waals surface area contributed by atoms with Crippen molar-refractivity contribution in [1.82, 2.24) is 20.0 Å². The summed E-state index contributed by atoms with van der Waals surface area (Å²) in [7, 11) is 1.92. The minimum Gasteiger partial charge on any atom is -0.338 e. The highest BCUT2D eigenvalue weighted by atomic mass is 35.5. The number of carbonyl (C=O) groups is 1. The molecule has 1 aromatic carbocycles. The third-order valence-corrected chi connectivity index (χ3v) is 5.96. The van der Waals surface area contributed by atoms with E-state index >= 15 is 0 Å². The summed E-state index contributed by atoms with van der Waals surface area (Å²) in [5.74, 6) is 0.0436. The van der Waals surface area contributed by atoms with Gasteiger partial charge in [0.1, 0.15) is 0 Å². The van der Waals surface area contributed by atoms with Crippen LogP contribution >= 0.6 is 11.6 Å². The van der Waals surface area contributed by atoms with E-state index in [2.05, 4.69) is 10.4 Å². The Hall–Kier alpha value is -1.85. The van der Waals surface area contributed by atoms with Crippen LogP contribution in [-0.2, 0) is 0 Å². The van der Waals surface area contributed by atoms with Gasteiger partial charge in [-0.1, -0.05) is 23.7 Å². The van der Waals surface area contributed by atoms with Crippen molar-refractivity contribution in [1.29, 1.82) is 0 Å². The highest BCUT2D eigenvalue weighted by molar-refractivity contribution is 6.32. The molecule has 132 valence electrons. The molecule has 0 radical (unpaired) electrons. The molecule has 2 atom stereocenters. The second kappa shape index (κ2) is 6.46. The molecule has 3 heterocycles. The number of nitrogens with one attached hydrogen (secondary N) is 1. The summed E-state index contributed by atoms with van der Waals surface area (Å²) in [6.45, 7) is 1.92. The zero-order chi connectivity index (χ0) is 17.6. The molecule has 2 bridgehead atoms. The molecule has 0 spiro atoms. The average Bonchev–Trinajstić information content (AvgIpc) is 3.16. The van der Waals surface area contributed by atoms with Gasteiger partial charge in [-0.15, -0.1) is 0 Å². The molecule has 0 aliphatic carbocycles. The fourth-order valence-electron chi connectivity index (χ4n) is 4.19. The van der Waals surface area contributed by atoms with Crippen molar-refractivity contribution >= 4 is 17.5 Å². The molecule has 2 aromatic rings. The van der Waals surface area contributed by atoms with Crippen LogP contribution in [0, 0.1) is 6.92 Å². The number of rotatable bonds is 3. The number of aromatic nitrogens is 2. The monoisotopic (exact) mass is 358 g/mol. The third-order valence-electron chi connectivity index (χ3n) is 5.64. The fraction of sp³-hybridized carbons (Fsp3) is 0.474. The second-order valence-electron chi connectivity index (χ2n) is 7.19. The predicted octanol–water partition coefficient (Wildman–Crippen LogP) is 3.19. The first kappa shape index (κ1) is 16.6. The summed E-state index contributed by atoms with van der Waals surface area (Å²) in [5.41, 5.74) is 2.26. The van der Waals surface area contributed by atoms with E-state index in [1.807, 2.05) is 43.1 Å². The molecular formula is C19H23ClN4O. The summed E-state index contributed by atoms with van der Waals surface area (Å²) >= 11 is 6.28. The lowest BCUT2D eigenvalue weighted by Gasteiger charge is -2.35. The molecule has 2 unspecified atom stereocenters. The van der Waals surface area contributed by atoms with Gasteiger partial charge < -0.3 is 10.2 Å². The van der Waals surface area contributed by atoms with E-state index in [0.717, 1.165) is 24.2 Å². The fourth-order valence-corrected chi connectivity index (χ4v) is 4.40. The number of carbonyl (C=O) groups excluding carboxylic acids is 1. The van der Waals surface area contributed by atoms with Crippen LogP contribution in [0.5, 0.6) is 0 Å². The van der Waals surface area contributed by atoms with Crippen LogP contribution in [0.2, 0.25) is 5.02 Å². The van der Waals surface area contributed by atoms with Gasteiger partial charge in [-0.25, -0.2) is 4.68 Å². The van der Waals surface area contributed by atoms with Crippen molar-refractivity contribution in [2.75, 3.05) is 7.05 Å². The van der Waals surface area contributed by atoms with Gasteiger partial charge in [-0.05, 0) is 44.7 Å². The minimum atomic E-state index is 0.0436. The van der Waals surface area contributed by atoms with Gasteiger partial charge in [0.25, 0.3) is 5.91 Å². The van der Waals surface area contributed by atoms with E-state index in [4.69, 9.17) is 11.6 Å². The molecule has 6 heteroatoms. The normalized spacial score (nSPS) is 25.2. The van der Waals surface area contributed by atoms with E-state index in [1.165, 1.54) is 12.8 Å². The minimum absolute atomic E-state index is 0.0436. The van der Waals surface area contributed by atoms with Gasteiger partial charge in [0.2, 0.25) is 0 Å². The summed E-state index contributed by atoms with van der Waals surface area (Å²) in [6.07, 6.45) is 6.19. The first-order valence-corrected chi connectivity index (χ1v) is 9.25. The Kier molecular flexibility index (Phi) is 4.29. The van der Waals surface area contributed by atoms with Crippen molar-refractivity contribution in [2.45, 2.75) is 50.7 Å². The second-order valence-corrected chi connectivity index (χ2v) is 7.59. The first-order chi connectivity index (χ1) is 12.0. The van der Waals surface area contributed by atoms with E-state index in [9.17, 15) is 4.79 Å². The number of para-hydroxylation sites is 1. The molecule has 2 fully saturated rings. The molecule has 5 nitrogen and oxygen atoms in total. The lowest BCUT2D eigenvalue weighted by atomic mass is 9.98. The number of halogens is 1.